The van der Waals surface area contributed by atoms with Gasteiger partial charge in [-0.2, -0.15) is 0 Å². The molecule has 0 saturated heterocycles. The third-order valence-electron chi connectivity index (χ3n) is 2.86. The topological polar surface area (TPSA) is 47.0 Å². The largest absolute Gasteiger partial charge is 0.481 e. The average Bonchev–Trinajstić information content (AvgIpc) is 2.90. The number of thiazole rings is 1. The molecule has 0 bridgehead atoms. The van der Waals surface area contributed by atoms with Crippen LogP contribution in [-0.2, 0) is 6.54 Å². The van der Waals surface area contributed by atoms with Crippen molar-refractivity contribution >= 4 is 39.5 Å². The van der Waals surface area contributed by atoms with Crippen LogP contribution in [0.25, 0.3) is 10.9 Å². The lowest BCUT2D eigenvalue weighted by atomic mass is 10.2. The van der Waals surface area contributed by atoms with Crippen LogP contribution in [0.1, 0.15) is 4.88 Å². The molecule has 0 spiro atoms. The maximum Gasteiger partial charge on any atom is 0.213 e. The molecule has 0 amide bonds. The fourth-order valence-corrected chi connectivity index (χ4v) is 2.80. The Balaban J connectivity index is 1.78. The molecule has 0 aliphatic carbocycles. The zero-order valence-corrected chi connectivity index (χ0v) is 12.3. The maximum atomic E-state index is 5.81. The molecule has 3 aromatic rings. The number of aromatic nitrogens is 2. The first kappa shape index (κ1) is 13.1. The number of anilines is 1. The zero-order chi connectivity index (χ0) is 13.9. The van der Waals surface area contributed by atoms with E-state index in [-0.39, 0.29) is 0 Å². The lowest BCUT2D eigenvalue weighted by Crippen LogP contribution is -1.97. The van der Waals surface area contributed by atoms with Gasteiger partial charge >= 0.3 is 0 Å². The van der Waals surface area contributed by atoms with Gasteiger partial charge in [-0.1, -0.05) is 11.6 Å². The van der Waals surface area contributed by atoms with Crippen molar-refractivity contribution < 1.29 is 4.74 Å². The van der Waals surface area contributed by atoms with Gasteiger partial charge in [-0.05, 0) is 24.3 Å². The number of benzene rings is 1. The Morgan fingerprint density at radius 3 is 2.95 bits per heavy atom. The fourth-order valence-electron chi connectivity index (χ4n) is 1.89. The van der Waals surface area contributed by atoms with Crippen molar-refractivity contribution in [2.45, 2.75) is 6.54 Å². The van der Waals surface area contributed by atoms with E-state index in [1.807, 2.05) is 24.3 Å². The lowest BCUT2D eigenvalue weighted by molar-refractivity contribution is 0.399. The Labute approximate surface area is 125 Å². The first-order valence-corrected chi connectivity index (χ1v) is 7.23. The van der Waals surface area contributed by atoms with Gasteiger partial charge < -0.3 is 10.1 Å². The molecule has 4 nitrogen and oxygen atoms in total. The van der Waals surface area contributed by atoms with Crippen molar-refractivity contribution in [2.24, 2.45) is 0 Å². The molecule has 0 radical (unpaired) electrons. The minimum atomic E-state index is 0.566. The van der Waals surface area contributed by atoms with Gasteiger partial charge in [-0.3, -0.25) is 0 Å². The fraction of sp³-hybridized carbons (Fsp3) is 0.143. The number of pyridine rings is 1. The summed E-state index contributed by atoms with van der Waals surface area (Å²) in [6, 6.07) is 9.88. The molecular formula is C14H12ClN3OS. The number of fused-ring (bicyclic) bond motifs is 1. The number of halogens is 1. The summed E-state index contributed by atoms with van der Waals surface area (Å²) in [6.45, 7) is 0.708. The van der Waals surface area contributed by atoms with Gasteiger partial charge in [0.15, 0.2) is 4.47 Å². The summed E-state index contributed by atoms with van der Waals surface area (Å²) in [5.41, 5.74) is 1.95. The predicted molar refractivity (Wildman–Crippen MR) is 82.7 cm³/mol. The van der Waals surface area contributed by atoms with Crippen molar-refractivity contribution in [2.75, 3.05) is 12.4 Å². The van der Waals surface area contributed by atoms with Crippen LogP contribution in [0, 0.1) is 0 Å². The van der Waals surface area contributed by atoms with Gasteiger partial charge in [0.25, 0.3) is 0 Å². The van der Waals surface area contributed by atoms with Gasteiger partial charge in [0.2, 0.25) is 5.88 Å². The molecule has 6 heteroatoms. The minimum Gasteiger partial charge on any atom is -0.481 e. The smallest absolute Gasteiger partial charge is 0.213 e. The molecule has 0 fully saturated rings. The highest BCUT2D eigenvalue weighted by Gasteiger charge is 2.02. The van der Waals surface area contributed by atoms with Crippen molar-refractivity contribution in [3.63, 3.8) is 0 Å². The number of rotatable bonds is 4. The van der Waals surface area contributed by atoms with E-state index in [0.29, 0.717) is 16.9 Å². The highest BCUT2D eigenvalue weighted by atomic mass is 35.5. The molecule has 1 aromatic carbocycles. The van der Waals surface area contributed by atoms with Crippen molar-refractivity contribution in [3.05, 3.63) is 45.9 Å². The second kappa shape index (κ2) is 5.64. The summed E-state index contributed by atoms with van der Waals surface area (Å²) in [7, 11) is 1.62. The van der Waals surface area contributed by atoms with Gasteiger partial charge in [0.05, 0.1) is 19.2 Å². The first-order valence-electron chi connectivity index (χ1n) is 6.03. The molecular weight excluding hydrogens is 294 g/mol. The number of ether oxygens (including phenoxy) is 1. The van der Waals surface area contributed by atoms with E-state index in [1.165, 1.54) is 11.3 Å². The number of hydrogen-bond donors (Lipinski definition) is 1. The lowest BCUT2D eigenvalue weighted by Gasteiger charge is -2.06. The van der Waals surface area contributed by atoms with Crippen LogP contribution in [0.15, 0.2) is 36.5 Å². The van der Waals surface area contributed by atoms with Crippen LogP contribution in [0.2, 0.25) is 4.47 Å². The molecule has 0 unspecified atom stereocenters. The van der Waals surface area contributed by atoms with E-state index in [9.17, 15) is 0 Å². The zero-order valence-electron chi connectivity index (χ0n) is 10.8. The number of methoxy groups -OCH3 is 1. The normalized spacial score (nSPS) is 10.7. The van der Waals surface area contributed by atoms with Gasteiger partial charge in [-0.15, -0.1) is 11.3 Å². The van der Waals surface area contributed by atoms with E-state index in [2.05, 4.69) is 21.4 Å². The summed E-state index contributed by atoms with van der Waals surface area (Å²) in [6.07, 6.45) is 1.79. The molecule has 0 aliphatic heterocycles. The van der Waals surface area contributed by atoms with E-state index in [4.69, 9.17) is 16.3 Å². The SMILES string of the molecule is COc1ccc2cc(NCc3cnc(Cl)s3)ccc2n1. The Morgan fingerprint density at radius 2 is 2.20 bits per heavy atom. The Kier molecular flexibility index (Phi) is 3.71. The Morgan fingerprint density at radius 1 is 1.30 bits per heavy atom. The second-order valence-corrected chi connectivity index (χ2v) is 5.89. The predicted octanol–water partition coefficient (Wildman–Crippen LogP) is 3.97. The summed E-state index contributed by atoms with van der Waals surface area (Å²) in [5, 5.41) is 4.42. The third-order valence-corrected chi connectivity index (χ3v) is 3.98. The van der Waals surface area contributed by atoms with Crippen LogP contribution >= 0.6 is 22.9 Å². The van der Waals surface area contributed by atoms with Crippen molar-refractivity contribution in [1.82, 2.24) is 9.97 Å². The summed E-state index contributed by atoms with van der Waals surface area (Å²) < 4.78 is 5.68. The van der Waals surface area contributed by atoms with Gasteiger partial charge in [0.1, 0.15) is 0 Å². The molecule has 0 saturated carbocycles. The molecule has 102 valence electrons. The third kappa shape index (κ3) is 2.84. The minimum absolute atomic E-state index is 0.566. The van der Waals surface area contributed by atoms with Crippen LogP contribution in [0.4, 0.5) is 5.69 Å². The molecule has 2 aromatic heterocycles. The molecule has 0 atom stereocenters. The number of nitrogens with zero attached hydrogens (tertiary/aromatic N) is 2. The van der Waals surface area contributed by atoms with Crippen LogP contribution in [0.3, 0.4) is 0 Å². The van der Waals surface area contributed by atoms with Crippen LogP contribution in [-0.4, -0.2) is 17.1 Å². The Hall–Kier alpha value is -1.85. The standard InChI is InChI=1S/C14H12ClN3OS/c1-19-13-5-2-9-6-10(3-4-12(9)18-13)16-7-11-8-17-14(15)20-11/h2-6,8,16H,7H2,1H3. The molecule has 3 rings (SSSR count). The highest BCUT2D eigenvalue weighted by Crippen LogP contribution is 2.22. The second-order valence-electron chi connectivity index (χ2n) is 4.19. The van der Waals surface area contributed by atoms with Crippen LogP contribution < -0.4 is 10.1 Å². The molecule has 20 heavy (non-hydrogen) atoms. The van der Waals surface area contributed by atoms with E-state index in [1.54, 1.807) is 13.3 Å². The van der Waals surface area contributed by atoms with E-state index >= 15 is 0 Å². The summed E-state index contributed by atoms with van der Waals surface area (Å²) in [5.74, 6) is 0.623. The molecule has 1 N–H and O–H groups in total. The monoisotopic (exact) mass is 305 g/mol. The van der Waals surface area contributed by atoms with Gasteiger partial charge in [0, 0.05) is 28.2 Å². The maximum absolute atomic E-state index is 5.81. The van der Waals surface area contributed by atoms with Crippen LogP contribution in [0.5, 0.6) is 5.88 Å². The molecule has 0 aliphatic rings. The summed E-state index contributed by atoms with van der Waals surface area (Å²) >= 11 is 7.29. The molecule has 2 heterocycles. The first-order chi connectivity index (χ1) is 9.74. The highest BCUT2D eigenvalue weighted by molar-refractivity contribution is 7.15. The van der Waals surface area contributed by atoms with E-state index < -0.39 is 0 Å². The number of nitrogens with one attached hydrogen (secondary N) is 1. The van der Waals surface area contributed by atoms with Crippen molar-refractivity contribution in [1.29, 1.82) is 0 Å². The quantitative estimate of drug-likeness (QED) is 0.792. The number of hydrogen-bond acceptors (Lipinski definition) is 5. The van der Waals surface area contributed by atoms with E-state index in [0.717, 1.165) is 21.5 Å². The van der Waals surface area contributed by atoms with Crippen molar-refractivity contribution in [3.8, 4) is 5.88 Å². The van der Waals surface area contributed by atoms with Gasteiger partial charge in [-0.25, -0.2) is 9.97 Å². The summed E-state index contributed by atoms with van der Waals surface area (Å²) in [4.78, 5) is 9.50. The average molecular weight is 306 g/mol. The Bertz CT molecular complexity index is 744.